The monoisotopic (exact) mass is 597 g/mol. The highest BCUT2D eigenvalue weighted by molar-refractivity contribution is 4.53. The van der Waals surface area contributed by atoms with Crippen molar-refractivity contribution in [1.82, 2.24) is 0 Å². The molecule has 0 aromatic heterocycles. The van der Waals surface area contributed by atoms with Crippen LogP contribution in [-0.2, 0) is 18.9 Å². The average molecular weight is 597 g/mol. The molecule has 4 heteroatoms. The maximum Gasteiger partial charge on any atom is 0.0466 e. The molecular formula is C38H76O4. The highest BCUT2D eigenvalue weighted by Gasteiger charge is 1.98. The normalized spacial score (nSPS) is 24.0. The molecular weight excluding hydrogens is 520 g/mol. The van der Waals surface area contributed by atoms with Crippen LogP contribution in [0.5, 0.6) is 0 Å². The van der Waals surface area contributed by atoms with E-state index in [0.29, 0.717) is 0 Å². The molecule has 0 unspecified atom stereocenters. The van der Waals surface area contributed by atoms with Gasteiger partial charge in [-0.15, -0.1) is 0 Å². The van der Waals surface area contributed by atoms with E-state index in [1.807, 2.05) is 0 Å². The summed E-state index contributed by atoms with van der Waals surface area (Å²) < 4.78 is 20.2. The van der Waals surface area contributed by atoms with Crippen molar-refractivity contribution in [3.05, 3.63) is 0 Å². The highest BCUT2D eigenvalue weighted by atomic mass is 16.5. The Kier molecular flexibility index (Phi) is 35.1. The Bertz CT molecular complexity index is 305. The first kappa shape index (κ1) is 39.9. The van der Waals surface area contributed by atoms with Crippen LogP contribution in [0.1, 0.15) is 193 Å². The van der Waals surface area contributed by atoms with Gasteiger partial charge < -0.3 is 18.9 Å². The molecule has 4 heterocycles. The molecule has 0 amide bonds. The molecule has 0 bridgehead atoms. The summed E-state index contributed by atoms with van der Waals surface area (Å²) in [5.74, 6) is 0. The van der Waals surface area contributed by atoms with Crippen LogP contribution in [0.15, 0.2) is 0 Å². The minimum absolute atomic E-state index is 1.00. The van der Waals surface area contributed by atoms with Crippen molar-refractivity contribution < 1.29 is 18.9 Å². The van der Waals surface area contributed by atoms with Gasteiger partial charge in [0.2, 0.25) is 0 Å². The van der Waals surface area contributed by atoms with Gasteiger partial charge in [0.15, 0.2) is 0 Å². The molecule has 8 fully saturated rings. The van der Waals surface area contributed by atoms with Crippen molar-refractivity contribution in [2.24, 2.45) is 0 Å². The van der Waals surface area contributed by atoms with Gasteiger partial charge in [-0.05, 0) is 70.6 Å². The Morgan fingerprint density at radius 2 is 0.214 bits per heavy atom. The second-order valence-electron chi connectivity index (χ2n) is 13.1. The van der Waals surface area contributed by atoms with Crippen molar-refractivity contribution in [2.75, 3.05) is 52.9 Å². The van der Waals surface area contributed by atoms with E-state index in [2.05, 4.69) is 0 Å². The third-order valence-corrected chi connectivity index (χ3v) is 8.81. The summed E-state index contributed by atoms with van der Waals surface area (Å²) in [6.07, 6.45) is 42.8. The minimum atomic E-state index is 1.00. The molecule has 4 saturated heterocycles. The van der Waals surface area contributed by atoms with E-state index < -0.39 is 0 Å². The van der Waals surface area contributed by atoms with Gasteiger partial charge in [-0.25, -0.2) is 0 Å². The summed E-state index contributed by atoms with van der Waals surface area (Å²) in [7, 11) is 0. The summed E-state index contributed by atoms with van der Waals surface area (Å²) in [6.45, 7) is 8.00. The van der Waals surface area contributed by atoms with E-state index >= 15 is 0 Å². The Labute approximate surface area is 264 Å². The number of rotatable bonds is 0. The molecule has 0 aromatic carbocycles. The highest BCUT2D eigenvalue weighted by Crippen LogP contribution is 2.16. The average Bonchev–Trinajstić information content (AvgIpc) is 3.81. The van der Waals surface area contributed by atoms with Crippen molar-refractivity contribution in [1.29, 1.82) is 0 Å². The Morgan fingerprint density at radius 1 is 0.119 bits per heavy atom. The van der Waals surface area contributed by atoms with Gasteiger partial charge in [-0.3, -0.25) is 0 Å². The molecule has 252 valence electrons. The predicted octanol–water partition coefficient (Wildman–Crippen LogP) is 11.8. The number of ether oxygens (including phenoxy) is 4. The first-order valence-corrected chi connectivity index (χ1v) is 19.3. The molecule has 0 aromatic rings. The van der Waals surface area contributed by atoms with E-state index in [0.717, 1.165) is 52.9 Å². The van der Waals surface area contributed by atoms with Crippen molar-refractivity contribution in [2.45, 2.75) is 193 Å². The van der Waals surface area contributed by atoms with Crippen LogP contribution < -0.4 is 0 Å². The molecule has 4 nitrogen and oxygen atoms in total. The molecule has 8 rings (SSSR count). The second-order valence-corrected chi connectivity index (χ2v) is 13.1. The van der Waals surface area contributed by atoms with Gasteiger partial charge in [0.25, 0.3) is 0 Å². The third-order valence-electron chi connectivity index (χ3n) is 8.81. The van der Waals surface area contributed by atoms with Gasteiger partial charge in [0.05, 0.1) is 0 Å². The SMILES string of the molecule is C1CCC1.C1CCC1.C1CCCC1.C1CCCCC1.C1CCOC1.C1CCOCC1.C1CCOCC1.C1CCOCC1. The van der Waals surface area contributed by atoms with E-state index in [-0.39, 0.29) is 0 Å². The van der Waals surface area contributed by atoms with Gasteiger partial charge >= 0.3 is 0 Å². The zero-order valence-corrected chi connectivity index (χ0v) is 28.5. The fourth-order valence-electron chi connectivity index (χ4n) is 5.02. The molecule has 0 N–H and O–H groups in total. The first-order chi connectivity index (χ1) is 21.0. The lowest BCUT2D eigenvalue weighted by Gasteiger charge is -2.08. The van der Waals surface area contributed by atoms with Crippen molar-refractivity contribution >= 4 is 0 Å². The summed E-state index contributed by atoms with van der Waals surface area (Å²) in [5, 5.41) is 0. The molecule has 0 atom stereocenters. The lowest BCUT2D eigenvalue weighted by Crippen LogP contribution is -2.03. The standard InChI is InChI=1S/C6H12.3C5H10O.C5H10.C4H8O.2C4H8/c4*1-2-4-6-5-3-1;2*1-2-4-5-3-1;2*1-2-4-3-1/h1-6H2;3*1-5H2;1-5H2;1-4H2;2*1-4H2. The quantitative estimate of drug-likeness (QED) is 0.279. The Hall–Kier alpha value is -0.160. The summed E-state index contributed by atoms with van der Waals surface area (Å²) in [4.78, 5) is 0. The van der Waals surface area contributed by atoms with Gasteiger partial charge in [-0.2, -0.15) is 0 Å². The van der Waals surface area contributed by atoms with Crippen LogP contribution in [0.4, 0.5) is 0 Å². The zero-order chi connectivity index (χ0) is 29.7. The van der Waals surface area contributed by atoms with Gasteiger partial charge in [0, 0.05) is 52.9 Å². The van der Waals surface area contributed by atoms with Crippen LogP contribution in [0, 0.1) is 0 Å². The fraction of sp³-hybridized carbons (Fsp3) is 1.00. The van der Waals surface area contributed by atoms with Crippen molar-refractivity contribution in [3.8, 4) is 0 Å². The predicted molar refractivity (Wildman–Crippen MR) is 182 cm³/mol. The summed E-state index contributed by atoms with van der Waals surface area (Å²) in [6, 6.07) is 0. The molecule has 42 heavy (non-hydrogen) atoms. The van der Waals surface area contributed by atoms with Crippen LogP contribution >= 0.6 is 0 Å². The zero-order valence-electron chi connectivity index (χ0n) is 28.5. The van der Waals surface area contributed by atoms with Crippen LogP contribution in [0.2, 0.25) is 0 Å². The molecule has 0 spiro atoms. The Balaban J connectivity index is 0.000000241. The first-order valence-electron chi connectivity index (χ1n) is 19.3. The number of hydrogen-bond donors (Lipinski definition) is 0. The molecule has 4 aliphatic carbocycles. The smallest absolute Gasteiger partial charge is 0.0466 e. The lowest BCUT2D eigenvalue weighted by molar-refractivity contribution is 0.0967. The molecule has 0 radical (unpaired) electrons. The maximum atomic E-state index is 5.07. The van der Waals surface area contributed by atoms with E-state index in [4.69, 9.17) is 18.9 Å². The van der Waals surface area contributed by atoms with E-state index in [9.17, 15) is 0 Å². The summed E-state index contributed by atoms with van der Waals surface area (Å²) in [5.41, 5.74) is 0. The van der Waals surface area contributed by atoms with Crippen LogP contribution in [-0.4, -0.2) is 52.9 Å². The molecule has 4 saturated carbocycles. The van der Waals surface area contributed by atoms with Crippen LogP contribution in [0.25, 0.3) is 0 Å². The van der Waals surface area contributed by atoms with Gasteiger partial charge in [0.1, 0.15) is 0 Å². The summed E-state index contributed by atoms with van der Waals surface area (Å²) >= 11 is 0. The lowest BCUT2D eigenvalue weighted by atomic mass is 10.0. The minimum Gasteiger partial charge on any atom is -0.381 e. The van der Waals surface area contributed by atoms with E-state index in [1.54, 1.807) is 0 Å². The topological polar surface area (TPSA) is 36.9 Å². The Morgan fingerprint density at radius 3 is 0.286 bits per heavy atom. The van der Waals surface area contributed by atoms with E-state index in [1.165, 1.54) is 193 Å². The van der Waals surface area contributed by atoms with Crippen LogP contribution in [0.3, 0.4) is 0 Å². The number of hydrogen-bond acceptors (Lipinski definition) is 4. The van der Waals surface area contributed by atoms with Crippen molar-refractivity contribution in [3.63, 3.8) is 0 Å². The third kappa shape index (κ3) is 34.3. The maximum absolute atomic E-state index is 5.07. The largest absolute Gasteiger partial charge is 0.381 e. The van der Waals surface area contributed by atoms with Gasteiger partial charge in [-0.1, -0.05) is 122 Å². The second kappa shape index (κ2) is 37.0. The molecule has 8 aliphatic rings. The fourth-order valence-corrected chi connectivity index (χ4v) is 5.02. The molecule has 4 aliphatic heterocycles.